The normalized spacial score (nSPS) is 17.4. The van der Waals surface area contributed by atoms with E-state index in [2.05, 4.69) is 15.3 Å². The van der Waals surface area contributed by atoms with Gasteiger partial charge in [-0.05, 0) is 30.9 Å². The summed E-state index contributed by atoms with van der Waals surface area (Å²) in [4.78, 5) is 25.8. The molecule has 1 fully saturated rings. The zero-order valence-corrected chi connectivity index (χ0v) is 14.9. The fourth-order valence-electron chi connectivity index (χ4n) is 3.14. The third-order valence-electron chi connectivity index (χ3n) is 4.40. The Labute approximate surface area is 151 Å². The van der Waals surface area contributed by atoms with Crippen molar-refractivity contribution in [2.75, 3.05) is 24.5 Å². The van der Waals surface area contributed by atoms with Crippen molar-refractivity contribution in [3.63, 3.8) is 0 Å². The number of nitrogens with one attached hydrogen (secondary N) is 1. The number of aromatic nitrogens is 2. The maximum atomic E-state index is 12.6. The number of benzene rings is 1. The van der Waals surface area contributed by atoms with Gasteiger partial charge < -0.3 is 10.2 Å². The molecule has 2 aromatic rings. The first-order chi connectivity index (χ1) is 12.1. The summed E-state index contributed by atoms with van der Waals surface area (Å²) in [5, 5.41) is 7.34. The van der Waals surface area contributed by atoms with Gasteiger partial charge in [-0.3, -0.25) is 9.59 Å². The fraction of sp³-hybridized carbons (Fsp3) is 0.389. The minimum absolute atomic E-state index is 0.0257. The second-order valence-corrected chi connectivity index (χ2v) is 6.67. The van der Waals surface area contributed by atoms with Gasteiger partial charge in [-0.2, -0.15) is 9.78 Å². The molecule has 1 N–H and O–H groups in total. The molecule has 0 radical (unpaired) electrons. The van der Waals surface area contributed by atoms with Crippen LogP contribution in [0.5, 0.6) is 0 Å². The molecule has 3 rings (SSSR count). The number of carbonyl (C=O) groups excluding carboxylic acids is 1. The smallest absolute Gasteiger partial charge is 0.292 e. The van der Waals surface area contributed by atoms with E-state index in [9.17, 15) is 9.59 Å². The van der Waals surface area contributed by atoms with E-state index in [0.717, 1.165) is 25.9 Å². The third-order valence-corrected chi connectivity index (χ3v) is 4.76. The molecule has 2 heterocycles. The van der Waals surface area contributed by atoms with E-state index in [0.29, 0.717) is 23.8 Å². The van der Waals surface area contributed by atoms with Crippen LogP contribution in [0.1, 0.15) is 19.8 Å². The van der Waals surface area contributed by atoms with E-state index in [4.69, 9.17) is 11.6 Å². The van der Waals surface area contributed by atoms with Crippen LogP contribution in [0.4, 0.5) is 5.69 Å². The number of rotatable bonds is 4. The maximum Gasteiger partial charge on any atom is 0.292 e. The lowest BCUT2D eigenvalue weighted by Gasteiger charge is -2.34. The van der Waals surface area contributed by atoms with Crippen LogP contribution in [0, 0.1) is 5.92 Å². The van der Waals surface area contributed by atoms with Crippen molar-refractivity contribution in [2.24, 2.45) is 5.92 Å². The summed E-state index contributed by atoms with van der Waals surface area (Å²) in [7, 11) is 0. The van der Waals surface area contributed by atoms with Crippen LogP contribution in [0.15, 0.2) is 41.3 Å². The molecule has 1 aliphatic heterocycles. The van der Waals surface area contributed by atoms with Crippen LogP contribution in [0.3, 0.4) is 0 Å². The highest BCUT2D eigenvalue weighted by molar-refractivity contribution is 6.33. The molecule has 7 heteroatoms. The minimum atomic E-state index is -0.325. The van der Waals surface area contributed by atoms with Crippen molar-refractivity contribution in [1.29, 1.82) is 0 Å². The number of para-hydroxylation sites is 1. The Morgan fingerprint density at radius 3 is 2.84 bits per heavy atom. The molecule has 132 valence electrons. The molecule has 0 spiro atoms. The molecule has 0 saturated carbocycles. The molecule has 0 aliphatic carbocycles. The Morgan fingerprint density at radius 2 is 2.12 bits per heavy atom. The quantitative estimate of drug-likeness (QED) is 0.908. The van der Waals surface area contributed by atoms with Gasteiger partial charge in [0.15, 0.2) is 0 Å². The fourth-order valence-corrected chi connectivity index (χ4v) is 3.38. The first-order valence-corrected chi connectivity index (χ1v) is 8.76. The standard InChI is InChI=1S/C18H21ClN4O2/c1-13(24)20-10-14-6-5-9-22(12-14)16-11-21-23(18(25)17(16)19)15-7-3-2-4-8-15/h2-4,7-8,11,14H,5-6,9-10,12H2,1H3,(H,20,24). The van der Waals surface area contributed by atoms with Crippen molar-refractivity contribution in [2.45, 2.75) is 19.8 Å². The largest absolute Gasteiger partial charge is 0.369 e. The highest BCUT2D eigenvalue weighted by Gasteiger charge is 2.23. The summed E-state index contributed by atoms with van der Waals surface area (Å²) in [6, 6.07) is 9.21. The molecule has 1 saturated heterocycles. The van der Waals surface area contributed by atoms with Crippen molar-refractivity contribution < 1.29 is 4.79 Å². The number of halogens is 1. The monoisotopic (exact) mass is 360 g/mol. The van der Waals surface area contributed by atoms with Gasteiger partial charge in [0.2, 0.25) is 5.91 Å². The van der Waals surface area contributed by atoms with Gasteiger partial charge in [0.05, 0.1) is 17.6 Å². The van der Waals surface area contributed by atoms with Gasteiger partial charge in [-0.25, -0.2) is 0 Å². The van der Waals surface area contributed by atoms with Crippen molar-refractivity contribution in [3.05, 3.63) is 51.9 Å². The highest BCUT2D eigenvalue weighted by atomic mass is 35.5. The molecule has 1 atom stereocenters. The highest BCUT2D eigenvalue weighted by Crippen LogP contribution is 2.27. The number of hydrogen-bond acceptors (Lipinski definition) is 4. The molecule has 1 unspecified atom stereocenters. The summed E-state index contributed by atoms with van der Waals surface area (Å²) in [6.07, 6.45) is 3.68. The number of hydrogen-bond donors (Lipinski definition) is 1. The molecule has 1 amide bonds. The van der Waals surface area contributed by atoms with Crippen LogP contribution in [-0.4, -0.2) is 35.3 Å². The number of amides is 1. The van der Waals surface area contributed by atoms with Crippen LogP contribution in [0.25, 0.3) is 5.69 Å². The van der Waals surface area contributed by atoms with Gasteiger partial charge in [0.1, 0.15) is 5.02 Å². The average molecular weight is 361 g/mol. The maximum absolute atomic E-state index is 12.6. The van der Waals surface area contributed by atoms with E-state index in [1.165, 1.54) is 11.6 Å². The lowest BCUT2D eigenvalue weighted by atomic mass is 9.97. The van der Waals surface area contributed by atoms with Crippen LogP contribution in [-0.2, 0) is 4.79 Å². The zero-order valence-electron chi connectivity index (χ0n) is 14.1. The summed E-state index contributed by atoms with van der Waals surface area (Å²) in [6.45, 7) is 3.73. The summed E-state index contributed by atoms with van der Waals surface area (Å²) in [5.41, 5.74) is 1.02. The van der Waals surface area contributed by atoms with Crippen LogP contribution < -0.4 is 15.8 Å². The molecule has 1 aromatic carbocycles. The van der Waals surface area contributed by atoms with E-state index < -0.39 is 0 Å². The van der Waals surface area contributed by atoms with Gasteiger partial charge >= 0.3 is 0 Å². The summed E-state index contributed by atoms with van der Waals surface area (Å²) in [5.74, 6) is 0.313. The predicted octanol–water partition coefficient (Wildman–Crippen LogP) is 2.24. The Bertz CT molecular complexity index is 806. The molecule has 6 nitrogen and oxygen atoms in total. The number of anilines is 1. The van der Waals surface area contributed by atoms with Gasteiger partial charge in [-0.1, -0.05) is 29.8 Å². The Kier molecular flexibility index (Phi) is 5.38. The first-order valence-electron chi connectivity index (χ1n) is 8.39. The Hall–Kier alpha value is -2.34. The molecular weight excluding hydrogens is 340 g/mol. The Balaban J connectivity index is 1.82. The lowest BCUT2D eigenvalue weighted by molar-refractivity contribution is -0.119. The zero-order chi connectivity index (χ0) is 17.8. The van der Waals surface area contributed by atoms with Gasteiger partial charge in [-0.15, -0.1) is 0 Å². The van der Waals surface area contributed by atoms with E-state index in [1.807, 2.05) is 30.3 Å². The molecule has 25 heavy (non-hydrogen) atoms. The SMILES string of the molecule is CC(=O)NCC1CCCN(c2cnn(-c3ccccc3)c(=O)c2Cl)C1. The summed E-state index contributed by atoms with van der Waals surface area (Å²) >= 11 is 6.37. The molecule has 0 bridgehead atoms. The molecule has 1 aliphatic rings. The predicted molar refractivity (Wildman–Crippen MR) is 98.5 cm³/mol. The topological polar surface area (TPSA) is 67.2 Å². The number of carbonyl (C=O) groups is 1. The number of nitrogens with zero attached hydrogens (tertiary/aromatic N) is 3. The van der Waals surface area contributed by atoms with Crippen LogP contribution in [0.2, 0.25) is 5.02 Å². The van der Waals surface area contributed by atoms with E-state index in [1.54, 1.807) is 6.20 Å². The minimum Gasteiger partial charge on any atom is -0.369 e. The third kappa shape index (κ3) is 4.02. The lowest BCUT2D eigenvalue weighted by Crippen LogP contribution is -2.41. The van der Waals surface area contributed by atoms with Gasteiger partial charge in [0.25, 0.3) is 5.56 Å². The molecular formula is C18H21ClN4O2. The second kappa shape index (κ2) is 7.70. The van der Waals surface area contributed by atoms with Crippen molar-refractivity contribution >= 4 is 23.2 Å². The van der Waals surface area contributed by atoms with E-state index in [-0.39, 0.29) is 16.5 Å². The van der Waals surface area contributed by atoms with Crippen molar-refractivity contribution in [1.82, 2.24) is 15.1 Å². The van der Waals surface area contributed by atoms with E-state index >= 15 is 0 Å². The Morgan fingerprint density at radius 1 is 1.36 bits per heavy atom. The molecule has 1 aromatic heterocycles. The van der Waals surface area contributed by atoms with Crippen LogP contribution >= 0.6 is 11.6 Å². The average Bonchev–Trinajstić information content (AvgIpc) is 2.63. The first kappa shape index (κ1) is 17.5. The van der Waals surface area contributed by atoms with Gasteiger partial charge in [0, 0.05) is 26.6 Å². The summed E-state index contributed by atoms with van der Waals surface area (Å²) < 4.78 is 1.31. The number of piperidine rings is 1. The van der Waals surface area contributed by atoms with Crippen molar-refractivity contribution in [3.8, 4) is 5.69 Å². The second-order valence-electron chi connectivity index (χ2n) is 6.29.